The minimum absolute atomic E-state index is 0.0469. The zero-order valence-electron chi connectivity index (χ0n) is 7.82. The van der Waals surface area contributed by atoms with E-state index in [-0.39, 0.29) is 11.4 Å². The number of hydrogen-bond acceptors (Lipinski definition) is 3. The van der Waals surface area contributed by atoms with Crippen LogP contribution in [0.2, 0.25) is 0 Å². The predicted octanol–water partition coefficient (Wildman–Crippen LogP) is 2.06. The molecule has 0 amide bonds. The summed E-state index contributed by atoms with van der Waals surface area (Å²) in [7, 11) is 0. The molecule has 0 unspecified atom stereocenters. The van der Waals surface area contributed by atoms with E-state index in [2.05, 4.69) is 0 Å². The van der Waals surface area contributed by atoms with Gasteiger partial charge in [0.15, 0.2) is 0 Å². The maximum Gasteiger partial charge on any atom is 0.292 e. The topological polar surface area (TPSA) is 69.2 Å². The van der Waals surface area contributed by atoms with E-state index in [0.29, 0.717) is 0 Å². The molecule has 0 aliphatic heterocycles. The number of hydrogen-bond donors (Lipinski definition) is 1. The smallest absolute Gasteiger partial charge is 0.292 e. The lowest BCUT2D eigenvalue weighted by Crippen LogP contribution is -2.05. The number of rotatable bonds is 1. The first-order valence-corrected chi connectivity index (χ1v) is 4.74. The molecular weight excluding hydrogens is 180 g/mol. The van der Waals surface area contributed by atoms with Gasteiger partial charge in [-0.25, -0.2) is 0 Å². The SMILES string of the molecule is Nc1cc2c(cc1[N+](=O)[O-])CCCC2. The summed E-state index contributed by atoms with van der Waals surface area (Å²) in [6.45, 7) is 0. The fourth-order valence-corrected chi connectivity index (χ4v) is 1.95. The summed E-state index contributed by atoms with van der Waals surface area (Å²) >= 11 is 0. The van der Waals surface area contributed by atoms with Crippen LogP contribution in [0.4, 0.5) is 11.4 Å². The van der Waals surface area contributed by atoms with Crippen molar-refractivity contribution in [1.82, 2.24) is 0 Å². The maximum atomic E-state index is 10.6. The molecule has 0 bridgehead atoms. The third kappa shape index (κ3) is 1.43. The summed E-state index contributed by atoms with van der Waals surface area (Å²) in [5.41, 5.74) is 8.21. The number of nitrogen functional groups attached to an aromatic ring is 1. The Morgan fingerprint density at radius 3 is 2.36 bits per heavy atom. The van der Waals surface area contributed by atoms with Crippen molar-refractivity contribution in [3.8, 4) is 0 Å². The Morgan fingerprint density at radius 1 is 1.21 bits per heavy atom. The van der Waals surface area contributed by atoms with Crippen LogP contribution in [0.25, 0.3) is 0 Å². The molecule has 0 saturated carbocycles. The quantitative estimate of drug-likeness (QED) is 0.420. The number of nitrogens with two attached hydrogens (primary N) is 1. The van der Waals surface area contributed by atoms with Gasteiger partial charge in [0.05, 0.1) is 4.92 Å². The van der Waals surface area contributed by atoms with Crippen molar-refractivity contribution in [2.24, 2.45) is 0 Å². The van der Waals surface area contributed by atoms with Crippen LogP contribution in [0.5, 0.6) is 0 Å². The number of nitro groups is 1. The number of anilines is 1. The van der Waals surface area contributed by atoms with E-state index in [1.165, 1.54) is 5.56 Å². The highest BCUT2D eigenvalue weighted by Crippen LogP contribution is 2.30. The third-order valence-electron chi connectivity index (χ3n) is 2.69. The molecule has 1 aliphatic rings. The number of fused-ring (bicyclic) bond motifs is 1. The van der Waals surface area contributed by atoms with Gasteiger partial charge in [-0.15, -0.1) is 0 Å². The molecule has 74 valence electrons. The second-order valence-corrected chi connectivity index (χ2v) is 3.64. The van der Waals surface area contributed by atoms with Crippen molar-refractivity contribution in [2.75, 3.05) is 5.73 Å². The van der Waals surface area contributed by atoms with Gasteiger partial charge in [0, 0.05) is 6.07 Å². The van der Waals surface area contributed by atoms with Crippen molar-refractivity contribution >= 4 is 11.4 Å². The minimum atomic E-state index is -0.412. The first-order chi connectivity index (χ1) is 6.68. The van der Waals surface area contributed by atoms with Crippen molar-refractivity contribution < 1.29 is 4.92 Å². The average Bonchev–Trinajstić information content (AvgIpc) is 2.16. The van der Waals surface area contributed by atoms with Crippen LogP contribution >= 0.6 is 0 Å². The van der Waals surface area contributed by atoms with Gasteiger partial charge in [-0.05, 0) is 42.9 Å². The highest BCUT2D eigenvalue weighted by atomic mass is 16.6. The molecule has 0 heterocycles. The molecule has 2 N–H and O–H groups in total. The van der Waals surface area contributed by atoms with Crippen molar-refractivity contribution in [3.05, 3.63) is 33.4 Å². The highest BCUT2D eigenvalue weighted by molar-refractivity contribution is 5.62. The molecule has 0 aromatic heterocycles. The lowest BCUT2D eigenvalue weighted by atomic mass is 9.91. The van der Waals surface area contributed by atoms with E-state index in [1.54, 1.807) is 12.1 Å². The van der Waals surface area contributed by atoms with Crippen molar-refractivity contribution in [3.63, 3.8) is 0 Å². The second kappa shape index (κ2) is 3.29. The van der Waals surface area contributed by atoms with Gasteiger partial charge < -0.3 is 5.73 Å². The predicted molar refractivity (Wildman–Crippen MR) is 54.2 cm³/mol. The molecule has 0 spiro atoms. The maximum absolute atomic E-state index is 10.6. The summed E-state index contributed by atoms with van der Waals surface area (Å²) in [4.78, 5) is 10.2. The van der Waals surface area contributed by atoms with Crippen LogP contribution < -0.4 is 5.73 Å². The van der Waals surface area contributed by atoms with Crippen molar-refractivity contribution in [1.29, 1.82) is 0 Å². The van der Waals surface area contributed by atoms with E-state index >= 15 is 0 Å². The first-order valence-electron chi connectivity index (χ1n) is 4.74. The largest absolute Gasteiger partial charge is 0.393 e. The van der Waals surface area contributed by atoms with Crippen LogP contribution in [0.15, 0.2) is 12.1 Å². The molecule has 0 saturated heterocycles. The van der Waals surface area contributed by atoms with E-state index in [9.17, 15) is 10.1 Å². The summed E-state index contributed by atoms with van der Waals surface area (Å²) in [5.74, 6) is 0. The van der Waals surface area contributed by atoms with Crippen molar-refractivity contribution in [2.45, 2.75) is 25.7 Å². The van der Waals surface area contributed by atoms with Gasteiger partial charge in [0.2, 0.25) is 0 Å². The Bertz CT molecular complexity index is 388. The summed E-state index contributed by atoms with van der Waals surface area (Å²) in [5, 5.41) is 10.6. The fourth-order valence-electron chi connectivity index (χ4n) is 1.95. The average molecular weight is 192 g/mol. The van der Waals surface area contributed by atoms with Crippen LogP contribution in [-0.2, 0) is 12.8 Å². The number of aryl methyl sites for hydroxylation is 2. The Morgan fingerprint density at radius 2 is 1.79 bits per heavy atom. The molecule has 1 aromatic carbocycles. The Labute approximate surface area is 81.9 Å². The van der Waals surface area contributed by atoms with Gasteiger partial charge in [0.25, 0.3) is 5.69 Å². The number of benzene rings is 1. The lowest BCUT2D eigenvalue weighted by Gasteiger charge is -2.15. The van der Waals surface area contributed by atoms with Crippen LogP contribution in [-0.4, -0.2) is 4.92 Å². The molecule has 1 aliphatic carbocycles. The molecule has 0 radical (unpaired) electrons. The van der Waals surface area contributed by atoms with E-state index in [0.717, 1.165) is 31.2 Å². The van der Waals surface area contributed by atoms with Crippen LogP contribution in [0.1, 0.15) is 24.0 Å². The molecular formula is C10H12N2O2. The minimum Gasteiger partial charge on any atom is -0.393 e. The molecule has 2 rings (SSSR count). The lowest BCUT2D eigenvalue weighted by molar-refractivity contribution is -0.384. The normalized spacial score (nSPS) is 14.9. The van der Waals surface area contributed by atoms with Gasteiger partial charge >= 0.3 is 0 Å². The van der Waals surface area contributed by atoms with E-state index in [1.807, 2.05) is 0 Å². The second-order valence-electron chi connectivity index (χ2n) is 3.64. The molecule has 4 nitrogen and oxygen atoms in total. The Hall–Kier alpha value is -1.58. The summed E-state index contributed by atoms with van der Waals surface area (Å²) in [6, 6.07) is 3.39. The number of nitro benzene ring substituents is 1. The van der Waals surface area contributed by atoms with E-state index < -0.39 is 4.92 Å². The molecule has 4 heteroatoms. The monoisotopic (exact) mass is 192 g/mol. The fraction of sp³-hybridized carbons (Fsp3) is 0.400. The highest BCUT2D eigenvalue weighted by Gasteiger charge is 2.17. The number of nitrogens with zero attached hydrogens (tertiary/aromatic N) is 1. The van der Waals surface area contributed by atoms with Gasteiger partial charge in [-0.2, -0.15) is 0 Å². The van der Waals surface area contributed by atoms with E-state index in [4.69, 9.17) is 5.73 Å². The molecule has 14 heavy (non-hydrogen) atoms. The third-order valence-corrected chi connectivity index (χ3v) is 2.69. The zero-order chi connectivity index (χ0) is 10.1. The molecule has 0 fully saturated rings. The first kappa shape index (κ1) is 8.99. The van der Waals surface area contributed by atoms with Crippen LogP contribution in [0, 0.1) is 10.1 Å². The van der Waals surface area contributed by atoms with Gasteiger partial charge in [-0.1, -0.05) is 0 Å². The summed E-state index contributed by atoms with van der Waals surface area (Å²) < 4.78 is 0. The molecule has 0 atom stereocenters. The zero-order valence-corrected chi connectivity index (χ0v) is 7.82. The Balaban J connectivity index is 2.50. The van der Waals surface area contributed by atoms with Crippen LogP contribution in [0.3, 0.4) is 0 Å². The van der Waals surface area contributed by atoms with Gasteiger partial charge in [0.1, 0.15) is 5.69 Å². The Kier molecular flexibility index (Phi) is 2.11. The summed E-state index contributed by atoms with van der Waals surface area (Å²) in [6.07, 6.45) is 4.21. The standard InChI is InChI=1S/C10H12N2O2/c11-9-5-7-3-1-2-4-8(7)6-10(9)12(13)14/h5-6H,1-4,11H2. The molecule has 1 aromatic rings. The van der Waals surface area contributed by atoms with Gasteiger partial charge in [-0.3, -0.25) is 10.1 Å².